The Bertz CT molecular complexity index is 845. The van der Waals surface area contributed by atoms with Crippen LogP contribution in [0.3, 0.4) is 0 Å². The lowest BCUT2D eigenvalue weighted by Gasteiger charge is -2.26. The van der Waals surface area contributed by atoms with Gasteiger partial charge >= 0.3 is 6.09 Å². The largest absolute Gasteiger partial charge is 0.488 e. The van der Waals surface area contributed by atoms with Crippen LogP contribution in [0, 0.1) is 11.2 Å². The van der Waals surface area contributed by atoms with Crippen LogP contribution < -0.4 is 10.5 Å². The summed E-state index contributed by atoms with van der Waals surface area (Å²) in [6.07, 6.45) is -0.476. The summed E-state index contributed by atoms with van der Waals surface area (Å²) >= 11 is 0. The highest BCUT2D eigenvalue weighted by atomic mass is 19.1. The summed E-state index contributed by atoms with van der Waals surface area (Å²) in [4.78, 5) is 11.2. The average Bonchev–Trinajstić information content (AvgIpc) is 2.78. The smallest absolute Gasteiger partial charge is 0.405 e. The Hall–Kier alpha value is -2.56. The third kappa shape index (κ3) is 3.52. The predicted molar refractivity (Wildman–Crippen MR) is 98.5 cm³/mol. The quantitative estimate of drug-likeness (QED) is 0.838. The van der Waals surface area contributed by atoms with E-state index in [1.165, 1.54) is 6.07 Å². The van der Waals surface area contributed by atoms with Gasteiger partial charge in [0, 0.05) is 5.41 Å². The summed E-state index contributed by atoms with van der Waals surface area (Å²) in [6, 6.07) is 10.9. The van der Waals surface area contributed by atoms with Gasteiger partial charge in [0.2, 0.25) is 0 Å². The number of carbonyl (C=O) groups is 1. The zero-order valence-electron chi connectivity index (χ0n) is 15.5. The van der Waals surface area contributed by atoms with Gasteiger partial charge in [0.15, 0.2) is 11.6 Å². The monoisotopic (exact) mass is 357 g/mol. The Kier molecular flexibility index (Phi) is 4.65. The van der Waals surface area contributed by atoms with Gasteiger partial charge in [0.05, 0.1) is 6.10 Å². The second-order valence-corrected chi connectivity index (χ2v) is 7.71. The van der Waals surface area contributed by atoms with Gasteiger partial charge in [-0.25, -0.2) is 9.18 Å². The highest BCUT2D eigenvalue weighted by Crippen LogP contribution is 2.48. The number of nitrogens with two attached hydrogens (primary N) is 1. The van der Waals surface area contributed by atoms with Crippen LogP contribution in [0.1, 0.15) is 44.9 Å². The van der Waals surface area contributed by atoms with E-state index in [1.807, 2.05) is 52.0 Å². The first kappa shape index (κ1) is 18.2. The van der Waals surface area contributed by atoms with E-state index in [-0.39, 0.29) is 29.2 Å². The number of primary amides is 1. The maximum absolute atomic E-state index is 14.3. The molecule has 0 bridgehead atoms. The third-order valence-corrected chi connectivity index (χ3v) is 4.64. The Morgan fingerprint density at radius 2 is 1.85 bits per heavy atom. The van der Waals surface area contributed by atoms with Gasteiger partial charge in [-0.1, -0.05) is 38.1 Å². The number of hydrogen-bond donors (Lipinski definition) is 1. The van der Waals surface area contributed by atoms with Crippen molar-refractivity contribution in [3.8, 4) is 16.9 Å². The van der Waals surface area contributed by atoms with Gasteiger partial charge in [-0.3, -0.25) is 0 Å². The fourth-order valence-corrected chi connectivity index (χ4v) is 3.57. The Balaban J connectivity index is 1.93. The molecule has 0 spiro atoms. The Morgan fingerprint density at radius 3 is 2.46 bits per heavy atom. The second kappa shape index (κ2) is 6.63. The van der Waals surface area contributed by atoms with E-state index >= 15 is 0 Å². The van der Waals surface area contributed by atoms with Crippen LogP contribution in [-0.2, 0) is 11.2 Å². The molecule has 138 valence electrons. The molecule has 0 radical (unpaired) electrons. The van der Waals surface area contributed by atoms with Gasteiger partial charge in [0.25, 0.3) is 0 Å². The number of fused-ring (bicyclic) bond motifs is 1. The van der Waals surface area contributed by atoms with E-state index < -0.39 is 6.09 Å². The number of carbonyl (C=O) groups excluding carboxylic acids is 1. The van der Waals surface area contributed by atoms with E-state index in [0.717, 1.165) is 28.7 Å². The molecule has 26 heavy (non-hydrogen) atoms. The Labute approximate surface area is 153 Å². The summed E-state index contributed by atoms with van der Waals surface area (Å²) in [5.74, 6) is -0.132. The molecule has 2 aromatic rings. The first-order valence-corrected chi connectivity index (χ1v) is 8.73. The van der Waals surface area contributed by atoms with E-state index in [4.69, 9.17) is 15.2 Å². The zero-order chi connectivity index (χ0) is 19.1. The van der Waals surface area contributed by atoms with Crippen molar-refractivity contribution in [2.45, 2.75) is 46.3 Å². The molecule has 0 saturated carbocycles. The number of ether oxygens (including phenoxy) is 2. The van der Waals surface area contributed by atoms with Crippen LogP contribution in [0.25, 0.3) is 11.1 Å². The first-order chi connectivity index (χ1) is 12.2. The van der Waals surface area contributed by atoms with Crippen molar-refractivity contribution < 1.29 is 18.7 Å². The summed E-state index contributed by atoms with van der Waals surface area (Å²) in [6.45, 7) is 7.80. The highest BCUT2D eigenvalue weighted by molar-refractivity contribution is 5.68. The lowest BCUT2D eigenvalue weighted by atomic mass is 9.87. The molecule has 3 rings (SSSR count). The summed E-state index contributed by atoms with van der Waals surface area (Å²) in [5, 5.41) is 0. The highest BCUT2D eigenvalue weighted by Gasteiger charge is 2.41. The van der Waals surface area contributed by atoms with Crippen LogP contribution in [0.15, 0.2) is 36.4 Å². The van der Waals surface area contributed by atoms with Crippen molar-refractivity contribution in [2.24, 2.45) is 11.1 Å². The van der Waals surface area contributed by atoms with Crippen LogP contribution in [0.5, 0.6) is 5.75 Å². The number of benzene rings is 2. The molecule has 5 heteroatoms. The molecule has 0 fully saturated rings. The zero-order valence-corrected chi connectivity index (χ0v) is 15.5. The minimum atomic E-state index is -0.775. The molecule has 1 amide bonds. The predicted octanol–water partition coefficient (Wildman–Crippen LogP) is 5.00. The van der Waals surface area contributed by atoms with Gasteiger partial charge in [-0.15, -0.1) is 0 Å². The first-order valence-electron chi connectivity index (χ1n) is 8.73. The summed E-state index contributed by atoms with van der Waals surface area (Å²) < 4.78 is 25.1. The maximum atomic E-state index is 14.3. The van der Waals surface area contributed by atoms with Crippen molar-refractivity contribution in [2.75, 3.05) is 0 Å². The lowest BCUT2D eigenvalue weighted by Crippen LogP contribution is -2.25. The van der Waals surface area contributed by atoms with Crippen LogP contribution in [0.4, 0.5) is 9.18 Å². The van der Waals surface area contributed by atoms with Gasteiger partial charge < -0.3 is 15.2 Å². The van der Waals surface area contributed by atoms with Crippen LogP contribution in [-0.4, -0.2) is 12.2 Å². The van der Waals surface area contributed by atoms with Crippen molar-refractivity contribution in [3.63, 3.8) is 0 Å². The fraction of sp³-hybridized carbons (Fsp3) is 0.381. The van der Waals surface area contributed by atoms with E-state index in [1.54, 1.807) is 6.07 Å². The molecule has 2 aromatic carbocycles. The number of hydrogen-bond acceptors (Lipinski definition) is 3. The number of halogens is 1. The molecule has 1 atom stereocenters. The average molecular weight is 357 g/mol. The van der Waals surface area contributed by atoms with Crippen molar-refractivity contribution in [3.05, 3.63) is 53.3 Å². The lowest BCUT2D eigenvalue weighted by molar-refractivity contribution is 0.0392. The third-order valence-electron chi connectivity index (χ3n) is 4.64. The van der Waals surface area contributed by atoms with Crippen molar-refractivity contribution in [1.29, 1.82) is 0 Å². The molecule has 1 aliphatic carbocycles. The topological polar surface area (TPSA) is 61.6 Å². The van der Waals surface area contributed by atoms with E-state index in [0.29, 0.717) is 0 Å². The SMILES string of the molecule is CC(C)Oc1ccc(-c2ccc3c(c2)CC(C)(C)C3OC(N)=O)cc1F. The van der Waals surface area contributed by atoms with E-state index in [2.05, 4.69) is 0 Å². The molecule has 0 aliphatic heterocycles. The molecule has 1 aliphatic rings. The fourth-order valence-electron chi connectivity index (χ4n) is 3.57. The molecule has 1 unspecified atom stereocenters. The van der Waals surface area contributed by atoms with Gasteiger partial charge in [0.1, 0.15) is 6.10 Å². The normalized spacial score (nSPS) is 17.8. The molecule has 0 heterocycles. The molecule has 2 N–H and O–H groups in total. The van der Waals surface area contributed by atoms with Gasteiger partial charge in [-0.2, -0.15) is 0 Å². The van der Waals surface area contributed by atoms with Crippen molar-refractivity contribution >= 4 is 6.09 Å². The summed E-state index contributed by atoms with van der Waals surface area (Å²) in [7, 11) is 0. The molecular weight excluding hydrogens is 333 g/mol. The Morgan fingerprint density at radius 1 is 1.19 bits per heavy atom. The second-order valence-electron chi connectivity index (χ2n) is 7.71. The van der Waals surface area contributed by atoms with E-state index in [9.17, 15) is 9.18 Å². The standard InChI is InChI=1S/C21H24FNO3/c1-12(2)25-18-8-6-14(10-17(18)22)13-5-7-16-15(9-13)11-21(3,4)19(16)26-20(23)24/h5-10,12,19H,11H2,1-4H3,(H2,23,24). The van der Waals surface area contributed by atoms with Gasteiger partial charge in [-0.05, 0) is 54.7 Å². The van der Waals surface area contributed by atoms with Crippen LogP contribution in [0.2, 0.25) is 0 Å². The number of amides is 1. The summed E-state index contributed by atoms with van der Waals surface area (Å²) in [5.41, 5.74) is 8.71. The molecule has 0 aromatic heterocycles. The molecular formula is C21H24FNO3. The minimum absolute atomic E-state index is 0.0836. The molecule has 4 nitrogen and oxygen atoms in total. The maximum Gasteiger partial charge on any atom is 0.405 e. The van der Waals surface area contributed by atoms with Crippen molar-refractivity contribution in [1.82, 2.24) is 0 Å². The number of rotatable bonds is 4. The molecule has 0 saturated heterocycles. The minimum Gasteiger partial charge on any atom is -0.488 e. The van der Waals surface area contributed by atoms with Crippen LogP contribution >= 0.6 is 0 Å².